The van der Waals surface area contributed by atoms with Gasteiger partial charge in [-0.25, -0.2) is 4.79 Å². The van der Waals surface area contributed by atoms with Crippen LogP contribution >= 0.6 is 22.9 Å². The third-order valence-electron chi connectivity index (χ3n) is 2.37. The van der Waals surface area contributed by atoms with Gasteiger partial charge in [0.25, 0.3) is 0 Å². The van der Waals surface area contributed by atoms with Crippen LogP contribution in [0.25, 0.3) is 0 Å². The van der Waals surface area contributed by atoms with E-state index in [0.717, 1.165) is 10.4 Å². The van der Waals surface area contributed by atoms with Crippen molar-refractivity contribution in [3.05, 3.63) is 44.9 Å². The normalized spacial score (nSPS) is 10.3. The van der Waals surface area contributed by atoms with Crippen LogP contribution in [0.3, 0.4) is 0 Å². The van der Waals surface area contributed by atoms with E-state index >= 15 is 0 Å². The van der Waals surface area contributed by atoms with Crippen LogP contribution in [0.15, 0.2) is 24.5 Å². The van der Waals surface area contributed by atoms with Gasteiger partial charge in [-0.3, -0.25) is 4.98 Å². The first-order valence-electron chi connectivity index (χ1n) is 5.19. The molecule has 94 valence electrons. The molecule has 2 aromatic rings. The highest BCUT2D eigenvalue weighted by Crippen LogP contribution is 2.24. The molecule has 0 amide bonds. The van der Waals surface area contributed by atoms with Crippen LogP contribution in [-0.4, -0.2) is 11.0 Å². The molecule has 0 radical (unpaired) electrons. The van der Waals surface area contributed by atoms with Crippen molar-refractivity contribution >= 4 is 34.6 Å². The van der Waals surface area contributed by atoms with Gasteiger partial charge in [0.2, 0.25) is 0 Å². The highest BCUT2D eigenvalue weighted by atomic mass is 35.5. The number of nitrogen functional groups attached to an aromatic ring is 1. The second kappa shape index (κ2) is 5.37. The van der Waals surface area contributed by atoms with Crippen molar-refractivity contribution in [2.24, 2.45) is 0 Å². The molecule has 0 fully saturated rings. The van der Waals surface area contributed by atoms with Crippen molar-refractivity contribution < 1.29 is 9.53 Å². The zero-order valence-electron chi connectivity index (χ0n) is 9.64. The summed E-state index contributed by atoms with van der Waals surface area (Å²) in [5.74, 6) is -0.396. The highest BCUT2D eigenvalue weighted by Gasteiger charge is 2.13. The van der Waals surface area contributed by atoms with Crippen molar-refractivity contribution in [2.75, 3.05) is 5.73 Å². The molecule has 0 unspecified atom stereocenters. The number of nitrogens with zero attached hydrogens (tertiary/aromatic N) is 1. The van der Waals surface area contributed by atoms with Crippen LogP contribution in [-0.2, 0) is 11.3 Å². The van der Waals surface area contributed by atoms with E-state index in [9.17, 15) is 4.79 Å². The number of halogens is 1. The molecule has 0 aliphatic carbocycles. The highest BCUT2D eigenvalue weighted by molar-refractivity contribution is 7.14. The fourth-order valence-corrected chi connectivity index (χ4v) is 2.34. The molecule has 0 atom stereocenters. The van der Waals surface area contributed by atoms with Gasteiger partial charge in [0.15, 0.2) is 0 Å². The molecule has 2 heterocycles. The Morgan fingerprint density at radius 3 is 3.00 bits per heavy atom. The van der Waals surface area contributed by atoms with E-state index in [2.05, 4.69) is 4.98 Å². The maximum Gasteiger partial charge on any atom is 0.348 e. The maximum absolute atomic E-state index is 11.8. The number of carbonyl (C=O) groups excluding carboxylic acids is 1. The fraction of sp³-hybridized carbons (Fsp3) is 0.167. The van der Waals surface area contributed by atoms with E-state index in [-0.39, 0.29) is 6.61 Å². The Labute approximate surface area is 113 Å². The summed E-state index contributed by atoms with van der Waals surface area (Å²) in [4.78, 5) is 17.0. The molecule has 0 spiro atoms. The van der Waals surface area contributed by atoms with Gasteiger partial charge in [-0.05, 0) is 19.1 Å². The average Bonchev–Trinajstić information content (AvgIpc) is 2.68. The van der Waals surface area contributed by atoms with Gasteiger partial charge in [0.05, 0.1) is 5.02 Å². The lowest BCUT2D eigenvalue weighted by Gasteiger charge is -2.04. The summed E-state index contributed by atoms with van der Waals surface area (Å²) in [6, 6.07) is 3.33. The van der Waals surface area contributed by atoms with E-state index in [1.54, 1.807) is 18.3 Å². The number of hydrogen-bond acceptors (Lipinski definition) is 5. The molecule has 18 heavy (non-hydrogen) atoms. The summed E-state index contributed by atoms with van der Waals surface area (Å²) in [5, 5.41) is 0.479. The van der Waals surface area contributed by atoms with Crippen LogP contribution in [0.4, 0.5) is 5.69 Å². The maximum atomic E-state index is 11.8. The van der Waals surface area contributed by atoms with Crippen LogP contribution in [0.5, 0.6) is 0 Å². The van der Waals surface area contributed by atoms with Crippen LogP contribution < -0.4 is 5.73 Å². The van der Waals surface area contributed by atoms with Crippen molar-refractivity contribution in [2.45, 2.75) is 13.5 Å². The van der Waals surface area contributed by atoms with Crippen molar-refractivity contribution in [1.29, 1.82) is 0 Å². The van der Waals surface area contributed by atoms with Gasteiger partial charge in [-0.2, -0.15) is 0 Å². The first kappa shape index (κ1) is 12.9. The zero-order chi connectivity index (χ0) is 13.1. The Hall–Kier alpha value is -1.59. The van der Waals surface area contributed by atoms with Gasteiger partial charge in [-0.1, -0.05) is 11.6 Å². The van der Waals surface area contributed by atoms with Crippen molar-refractivity contribution in [3.63, 3.8) is 0 Å². The molecule has 0 aliphatic rings. The number of aromatic nitrogens is 1. The van der Waals surface area contributed by atoms with E-state index < -0.39 is 5.97 Å². The fourth-order valence-electron chi connectivity index (χ4n) is 1.33. The van der Waals surface area contributed by atoms with Gasteiger partial charge in [0, 0.05) is 28.5 Å². The number of rotatable bonds is 3. The van der Waals surface area contributed by atoms with E-state index in [0.29, 0.717) is 15.6 Å². The van der Waals surface area contributed by atoms with E-state index in [1.807, 2.05) is 6.92 Å². The molecule has 0 saturated heterocycles. The molecule has 6 heteroatoms. The number of anilines is 1. The van der Waals surface area contributed by atoms with Gasteiger partial charge < -0.3 is 10.5 Å². The minimum absolute atomic E-state index is 0.122. The lowest BCUT2D eigenvalue weighted by molar-refractivity contribution is 0.0478. The minimum atomic E-state index is -0.396. The number of ether oxygens (including phenoxy) is 1. The Morgan fingerprint density at radius 1 is 1.61 bits per heavy atom. The summed E-state index contributed by atoms with van der Waals surface area (Å²) in [6.07, 6.45) is 3.11. The number of carbonyl (C=O) groups is 1. The molecular weight excluding hydrogens is 272 g/mol. The minimum Gasteiger partial charge on any atom is -0.457 e. The third-order valence-corrected chi connectivity index (χ3v) is 3.76. The SMILES string of the molecule is Cc1sc(C(=O)OCc2ccncc2Cl)cc1N. The third kappa shape index (κ3) is 2.80. The second-order valence-electron chi connectivity index (χ2n) is 3.67. The molecule has 2 rings (SSSR count). The summed E-state index contributed by atoms with van der Waals surface area (Å²) < 4.78 is 5.17. The molecule has 4 nitrogen and oxygen atoms in total. The van der Waals surface area contributed by atoms with Crippen LogP contribution in [0.2, 0.25) is 5.02 Å². The van der Waals surface area contributed by atoms with Gasteiger partial charge in [-0.15, -0.1) is 11.3 Å². The van der Waals surface area contributed by atoms with Crippen molar-refractivity contribution in [1.82, 2.24) is 4.98 Å². The van der Waals surface area contributed by atoms with Crippen molar-refractivity contribution in [3.8, 4) is 0 Å². The predicted molar refractivity (Wildman–Crippen MR) is 71.8 cm³/mol. The summed E-state index contributed by atoms with van der Waals surface area (Å²) >= 11 is 7.23. The Balaban J connectivity index is 2.03. The standard InChI is InChI=1S/C12H11ClN2O2S/c1-7-10(14)4-11(18-7)12(16)17-6-8-2-3-15-5-9(8)13/h2-5H,6,14H2,1H3. The first-order chi connectivity index (χ1) is 8.58. The molecule has 2 aromatic heterocycles. The number of nitrogens with two attached hydrogens (primary N) is 1. The smallest absolute Gasteiger partial charge is 0.348 e. The number of hydrogen-bond donors (Lipinski definition) is 1. The Kier molecular flexibility index (Phi) is 3.84. The largest absolute Gasteiger partial charge is 0.457 e. The molecule has 0 aliphatic heterocycles. The van der Waals surface area contributed by atoms with E-state index in [4.69, 9.17) is 22.1 Å². The number of aryl methyl sites for hydroxylation is 1. The molecule has 2 N–H and O–H groups in total. The molecular formula is C12H11ClN2O2S. The molecule has 0 saturated carbocycles. The van der Waals surface area contributed by atoms with Crippen LogP contribution in [0, 0.1) is 6.92 Å². The Bertz CT molecular complexity index is 564. The number of thiophene rings is 1. The monoisotopic (exact) mass is 282 g/mol. The predicted octanol–water partition coefficient (Wildman–Crippen LogP) is 3.04. The topological polar surface area (TPSA) is 65.2 Å². The Morgan fingerprint density at radius 2 is 2.39 bits per heavy atom. The second-order valence-corrected chi connectivity index (χ2v) is 5.33. The van der Waals surface area contributed by atoms with Gasteiger partial charge in [0.1, 0.15) is 11.5 Å². The molecule has 0 bridgehead atoms. The summed E-state index contributed by atoms with van der Waals surface area (Å²) in [5.41, 5.74) is 7.01. The first-order valence-corrected chi connectivity index (χ1v) is 6.39. The quantitative estimate of drug-likeness (QED) is 0.879. The molecule has 0 aromatic carbocycles. The number of pyridine rings is 1. The lowest BCUT2D eigenvalue weighted by Crippen LogP contribution is -2.03. The average molecular weight is 283 g/mol. The summed E-state index contributed by atoms with van der Waals surface area (Å²) in [7, 11) is 0. The van der Waals surface area contributed by atoms with Crippen LogP contribution in [0.1, 0.15) is 20.1 Å². The lowest BCUT2D eigenvalue weighted by atomic mass is 10.3. The summed E-state index contributed by atoms with van der Waals surface area (Å²) in [6.45, 7) is 1.98. The van der Waals surface area contributed by atoms with E-state index in [1.165, 1.54) is 17.5 Å². The number of esters is 1. The van der Waals surface area contributed by atoms with Gasteiger partial charge >= 0.3 is 5.97 Å². The zero-order valence-corrected chi connectivity index (χ0v) is 11.2.